The van der Waals surface area contributed by atoms with E-state index in [4.69, 9.17) is 0 Å². The van der Waals surface area contributed by atoms with Crippen molar-refractivity contribution in [2.45, 2.75) is 12.5 Å². The number of aliphatic hydroxyl groups is 1. The standard InChI is InChI=1S/C16H19NO/c1-17-12-15(18)11-14-9-5-6-10-16(14)13-7-3-2-4-8-13/h2-10,15,17-18H,11-12H2,1H3. The molecule has 0 saturated heterocycles. The van der Waals surface area contributed by atoms with Gasteiger partial charge in [0.1, 0.15) is 0 Å². The minimum atomic E-state index is -0.347. The third-order valence-corrected chi connectivity index (χ3v) is 3.00. The molecule has 0 aromatic heterocycles. The Kier molecular flexibility index (Phi) is 4.51. The zero-order chi connectivity index (χ0) is 12.8. The van der Waals surface area contributed by atoms with Crippen LogP contribution in [0.15, 0.2) is 54.6 Å². The van der Waals surface area contributed by atoms with E-state index < -0.39 is 0 Å². The molecule has 0 aliphatic heterocycles. The summed E-state index contributed by atoms with van der Waals surface area (Å²) in [6, 6.07) is 18.5. The largest absolute Gasteiger partial charge is 0.391 e. The predicted octanol–water partition coefficient (Wildman–Crippen LogP) is 2.48. The average Bonchev–Trinajstić information content (AvgIpc) is 2.40. The molecule has 2 N–H and O–H groups in total. The van der Waals surface area contributed by atoms with Gasteiger partial charge in [0, 0.05) is 13.0 Å². The van der Waals surface area contributed by atoms with Crippen LogP contribution in [0.1, 0.15) is 5.56 Å². The van der Waals surface area contributed by atoms with Crippen molar-refractivity contribution in [1.82, 2.24) is 5.32 Å². The van der Waals surface area contributed by atoms with Gasteiger partial charge in [-0.1, -0.05) is 54.6 Å². The molecule has 0 saturated carbocycles. The van der Waals surface area contributed by atoms with Gasteiger partial charge in [-0.2, -0.15) is 0 Å². The summed E-state index contributed by atoms with van der Waals surface area (Å²) < 4.78 is 0. The van der Waals surface area contributed by atoms with E-state index in [0.717, 1.165) is 0 Å². The predicted molar refractivity (Wildman–Crippen MR) is 75.5 cm³/mol. The Balaban J connectivity index is 2.26. The van der Waals surface area contributed by atoms with Crippen LogP contribution in [0.4, 0.5) is 0 Å². The fraction of sp³-hybridized carbons (Fsp3) is 0.250. The Bertz CT molecular complexity index is 481. The first-order valence-corrected chi connectivity index (χ1v) is 6.27. The summed E-state index contributed by atoms with van der Waals surface area (Å²) in [6.45, 7) is 0.614. The second-order valence-corrected chi connectivity index (χ2v) is 4.44. The van der Waals surface area contributed by atoms with Gasteiger partial charge in [-0.25, -0.2) is 0 Å². The number of hydrogen-bond donors (Lipinski definition) is 2. The van der Waals surface area contributed by atoms with Crippen molar-refractivity contribution in [3.63, 3.8) is 0 Å². The van der Waals surface area contributed by atoms with Crippen LogP contribution in [0.2, 0.25) is 0 Å². The zero-order valence-electron chi connectivity index (χ0n) is 10.6. The number of aliphatic hydroxyl groups excluding tert-OH is 1. The lowest BCUT2D eigenvalue weighted by Gasteiger charge is -2.14. The fourth-order valence-corrected chi connectivity index (χ4v) is 2.16. The van der Waals surface area contributed by atoms with Gasteiger partial charge >= 0.3 is 0 Å². The molecule has 0 aliphatic rings. The Hall–Kier alpha value is -1.64. The average molecular weight is 241 g/mol. The molecule has 2 rings (SSSR count). The first kappa shape index (κ1) is 12.8. The summed E-state index contributed by atoms with van der Waals surface area (Å²) >= 11 is 0. The van der Waals surface area contributed by atoms with E-state index in [1.54, 1.807) is 0 Å². The summed E-state index contributed by atoms with van der Waals surface area (Å²) in [7, 11) is 1.85. The van der Waals surface area contributed by atoms with Crippen molar-refractivity contribution in [1.29, 1.82) is 0 Å². The molecular weight excluding hydrogens is 222 g/mol. The SMILES string of the molecule is CNCC(O)Cc1ccccc1-c1ccccc1. The smallest absolute Gasteiger partial charge is 0.0704 e. The molecule has 0 fully saturated rings. The quantitative estimate of drug-likeness (QED) is 0.843. The highest BCUT2D eigenvalue weighted by Gasteiger charge is 2.09. The van der Waals surface area contributed by atoms with E-state index in [1.165, 1.54) is 16.7 Å². The lowest BCUT2D eigenvalue weighted by Crippen LogP contribution is -2.25. The highest BCUT2D eigenvalue weighted by molar-refractivity contribution is 5.67. The molecule has 1 atom stereocenters. The number of rotatable bonds is 5. The Morgan fingerprint density at radius 2 is 1.67 bits per heavy atom. The third kappa shape index (κ3) is 3.19. The van der Waals surface area contributed by atoms with Gasteiger partial charge < -0.3 is 10.4 Å². The van der Waals surface area contributed by atoms with Gasteiger partial charge in [0.2, 0.25) is 0 Å². The maximum atomic E-state index is 9.91. The van der Waals surface area contributed by atoms with E-state index in [9.17, 15) is 5.11 Å². The van der Waals surface area contributed by atoms with Gasteiger partial charge in [-0.3, -0.25) is 0 Å². The Morgan fingerprint density at radius 3 is 2.39 bits per heavy atom. The molecule has 0 amide bonds. The van der Waals surface area contributed by atoms with Gasteiger partial charge in [-0.15, -0.1) is 0 Å². The van der Waals surface area contributed by atoms with Crippen molar-refractivity contribution in [2.75, 3.05) is 13.6 Å². The molecule has 18 heavy (non-hydrogen) atoms. The summed E-state index contributed by atoms with van der Waals surface area (Å²) in [5, 5.41) is 12.9. The maximum Gasteiger partial charge on any atom is 0.0704 e. The minimum Gasteiger partial charge on any atom is -0.391 e. The number of nitrogens with one attached hydrogen (secondary N) is 1. The summed E-state index contributed by atoms with van der Waals surface area (Å²) in [5.74, 6) is 0. The summed E-state index contributed by atoms with van der Waals surface area (Å²) in [4.78, 5) is 0. The molecule has 2 aromatic carbocycles. The van der Waals surface area contributed by atoms with Crippen molar-refractivity contribution >= 4 is 0 Å². The molecule has 0 spiro atoms. The van der Waals surface area contributed by atoms with Gasteiger partial charge in [0.05, 0.1) is 6.10 Å². The summed E-state index contributed by atoms with van der Waals surface area (Å²) in [6.07, 6.45) is 0.325. The van der Waals surface area contributed by atoms with E-state index >= 15 is 0 Å². The number of hydrogen-bond acceptors (Lipinski definition) is 2. The van der Waals surface area contributed by atoms with Crippen LogP contribution < -0.4 is 5.32 Å². The van der Waals surface area contributed by atoms with Crippen LogP contribution in [0.25, 0.3) is 11.1 Å². The molecule has 0 heterocycles. The molecule has 0 aliphatic carbocycles. The highest BCUT2D eigenvalue weighted by atomic mass is 16.3. The molecule has 94 valence electrons. The maximum absolute atomic E-state index is 9.91. The second kappa shape index (κ2) is 6.34. The minimum absolute atomic E-state index is 0.347. The first-order valence-electron chi connectivity index (χ1n) is 6.27. The van der Waals surface area contributed by atoms with Gasteiger partial charge in [-0.05, 0) is 23.7 Å². The number of likely N-dealkylation sites (N-methyl/N-ethyl adjacent to an activating group) is 1. The van der Waals surface area contributed by atoms with Crippen LogP contribution in [-0.2, 0) is 6.42 Å². The van der Waals surface area contributed by atoms with Gasteiger partial charge in [0.25, 0.3) is 0 Å². The van der Waals surface area contributed by atoms with Crippen molar-refractivity contribution in [2.24, 2.45) is 0 Å². The number of benzene rings is 2. The molecule has 2 nitrogen and oxygen atoms in total. The van der Waals surface area contributed by atoms with Crippen molar-refractivity contribution < 1.29 is 5.11 Å². The molecule has 0 radical (unpaired) electrons. The first-order chi connectivity index (χ1) is 8.81. The lowest BCUT2D eigenvalue weighted by atomic mass is 9.96. The zero-order valence-corrected chi connectivity index (χ0v) is 10.6. The van der Waals surface area contributed by atoms with Crippen LogP contribution in [0.5, 0.6) is 0 Å². The molecule has 1 unspecified atom stereocenters. The lowest BCUT2D eigenvalue weighted by molar-refractivity contribution is 0.175. The van der Waals surface area contributed by atoms with Gasteiger partial charge in [0.15, 0.2) is 0 Å². The normalized spacial score (nSPS) is 12.3. The second-order valence-electron chi connectivity index (χ2n) is 4.44. The van der Waals surface area contributed by atoms with E-state index in [-0.39, 0.29) is 6.10 Å². The molecule has 2 aromatic rings. The molecular formula is C16H19NO. The van der Waals surface area contributed by atoms with Crippen LogP contribution >= 0.6 is 0 Å². The topological polar surface area (TPSA) is 32.3 Å². The van der Waals surface area contributed by atoms with Crippen LogP contribution in [0, 0.1) is 0 Å². The fourth-order valence-electron chi connectivity index (χ4n) is 2.16. The summed E-state index contributed by atoms with van der Waals surface area (Å²) in [5.41, 5.74) is 3.59. The molecule has 0 bridgehead atoms. The van der Waals surface area contributed by atoms with E-state index in [0.29, 0.717) is 13.0 Å². The molecule has 2 heteroatoms. The monoisotopic (exact) mass is 241 g/mol. The van der Waals surface area contributed by atoms with E-state index in [2.05, 4.69) is 29.6 Å². The van der Waals surface area contributed by atoms with Crippen molar-refractivity contribution in [3.8, 4) is 11.1 Å². The van der Waals surface area contributed by atoms with Crippen LogP contribution in [0.3, 0.4) is 0 Å². The Morgan fingerprint density at radius 1 is 1.00 bits per heavy atom. The van der Waals surface area contributed by atoms with E-state index in [1.807, 2.05) is 37.4 Å². The van der Waals surface area contributed by atoms with Crippen LogP contribution in [-0.4, -0.2) is 24.8 Å². The third-order valence-electron chi connectivity index (χ3n) is 3.00. The van der Waals surface area contributed by atoms with Crippen molar-refractivity contribution in [3.05, 3.63) is 60.2 Å². The highest BCUT2D eigenvalue weighted by Crippen LogP contribution is 2.24. The Labute approximate surface area is 108 Å².